The van der Waals surface area contributed by atoms with Crippen LogP contribution in [0.3, 0.4) is 0 Å². The summed E-state index contributed by atoms with van der Waals surface area (Å²) in [4.78, 5) is 0. The van der Waals surface area contributed by atoms with Gasteiger partial charge in [-0.1, -0.05) is 6.07 Å². The molecule has 1 heterocycles. The van der Waals surface area contributed by atoms with Crippen molar-refractivity contribution in [2.45, 2.75) is 6.42 Å². The monoisotopic (exact) mass is 281 g/mol. The Balaban J connectivity index is 2.03. The number of rotatable bonds is 3. The van der Waals surface area contributed by atoms with Crippen molar-refractivity contribution in [3.05, 3.63) is 28.2 Å². The molecule has 0 aromatic heterocycles. The quantitative estimate of drug-likeness (QED) is 0.856. The van der Waals surface area contributed by atoms with Gasteiger partial charge < -0.3 is 9.47 Å². The molecule has 1 aliphatic rings. The molecule has 84 valence electrons. The number of nitrogens with zero attached hydrogens (tertiary/aromatic N) is 1. The van der Waals surface area contributed by atoms with Gasteiger partial charge in [-0.15, -0.1) is 0 Å². The molecule has 0 saturated carbocycles. The van der Waals surface area contributed by atoms with Crippen LogP contribution in [0.15, 0.2) is 22.7 Å². The summed E-state index contributed by atoms with van der Waals surface area (Å²) >= 11 is 3.33. The van der Waals surface area contributed by atoms with Gasteiger partial charge in [0.25, 0.3) is 0 Å². The van der Waals surface area contributed by atoms with Crippen LogP contribution >= 0.6 is 15.9 Å². The van der Waals surface area contributed by atoms with E-state index in [9.17, 15) is 0 Å². The molecule has 16 heavy (non-hydrogen) atoms. The maximum Gasteiger partial charge on any atom is 0.138 e. The zero-order valence-electron chi connectivity index (χ0n) is 8.78. The van der Waals surface area contributed by atoms with Crippen LogP contribution in [0, 0.1) is 17.2 Å². The second kappa shape index (κ2) is 5.33. The molecule has 2 rings (SSSR count). The fourth-order valence-electron chi connectivity index (χ4n) is 1.66. The molecule has 0 radical (unpaired) electrons. The summed E-state index contributed by atoms with van der Waals surface area (Å²) in [5, 5.41) is 9.01. The lowest BCUT2D eigenvalue weighted by molar-refractivity contribution is 0.167. The van der Waals surface area contributed by atoms with E-state index < -0.39 is 0 Å². The highest BCUT2D eigenvalue weighted by atomic mass is 79.9. The maximum atomic E-state index is 9.01. The van der Waals surface area contributed by atoms with Crippen LogP contribution in [0.2, 0.25) is 0 Å². The van der Waals surface area contributed by atoms with E-state index in [1.165, 1.54) is 0 Å². The van der Waals surface area contributed by atoms with E-state index in [1.807, 2.05) is 18.2 Å². The standard InChI is InChI=1S/C12H12BrNO2/c13-11-2-1-3-12(10(11)6-14)16-8-9-4-5-15-7-9/h1-3,9H,4-5,7-8H2. The number of hydrogen-bond acceptors (Lipinski definition) is 3. The highest BCUT2D eigenvalue weighted by Crippen LogP contribution is 2.26. The summed E-state index contributed by atoms with van der Waals surface area (Å²) in [5.41, 5.74) is 0.557. The Morgan fingerprint density at radius 1 is 1.56 bits per heavy atom. The van der Waals surface area contributed by atoms with Crippen molar-refractivity contribution in [1.82, 2.24) is 0 Å². The number of hydrogen-bond donors (Lipinski definition) is 0. The molecule has 0 spiro atoms. The van der Waals surface area contributed by atoms with E-state index >= 15 is 0 Å². The minimum Gasteiger partial charge on any atom is -0.492 e. The summed E-state index contributed by atoms with van der Waals surface area (Å²) in [6, 6.07) is 7.66. The van der Waals surface area contributed by atoms with Crippen LogP contribution in [0.1, 0.15) is 12.0 Å². The maximum absolute atomic E-state index is 9.01. The minimum atomic E-state index is 0.450. The molecule has 0 amide bonds. The highest BCUT2D eigenvalue weighted by molar-refractivity contribution is 9.10. The number of halogens is 1. The van der Waals surface area contributed by atoms with Crippen LogP contribution in [0.4, 0.5) is 0 Å². The van der Waals surface area contributed by atoms with Crippen molar-refractivity contribution in [2.24, 2.45) is 5.92 Å². The van der Waals surface area contributed by atoms with Crippen molar-refractivity contribution in [1.29, 1.82) is 5.26 Å². The van der Waals surface area contributed by atoms with Gasteiger partial charge in [0.1, 0.15) is 17.4 Å². The summed E-state index contributed by atoms with van der Waals surface area (Å²) in [6.07, 6.45) is 1.04. The van der Waals surface area contributed by atoms with E-state index in [1.54, 1.807) is 0 Å². The van der Waals surface area contributed by atoms with Gasteiger partial charge in [-0.25, -0.2) is 0 Å². The zero-order valence-corrected chi connectivity index (χ0v) is 10.4. The Bertz CT molecular complexity index is 408. The zero-order chi connectivity index (χ0) is 11.4. The minimum absolute atomic E-state index is 0.450. The van der Waals surface area contributed by atoms with Gasteiger partial charge >= 0.3 is 0 Å². The first-order chi connectivity index (χ1) is 7.81. The predicted octanol–water partition coefficient (Wildman–Crippen LogP) is 2.74. The van der Waals surface area contributed by atoms with Crippen LogP contribution in [0.25, 0.3) is 0 Å². The van der Waals surface area contributed by atoms with Crippen molar-refractivity contribution in [2.75, 3.05) is 19.8 Å². The second-order valence-electron chi connectivity index (χ2n) is 3.77. The smallest absolute Gasteiger partial charge is 0.138 e. The van der Waals surface area contributed by atoms with Crippen molar-refractivity contribution < 1.29 is 9.47 Å². The average molecular weight is 282 g/mol. The molecule has 1 saturated heterocycles. The van der Waals surface area contributed by atoms with E-state index in [-0.39, 0.29) is 0 Å². The summed E-state index contributed by atoms with van der Waals surface area (Å²) < 4.78 is 11.7. The third-order valence-corrected chi connectivity index (χ3v) is 3.25. The largest absolute Gasteiger partial charge is 0.492 e. The molecule has 4 heteroatoms. The van der Waals surface area contributed by atoms with E-state index in [0.29, 0.717) is 23.8 Å². The van der Waals surface area contributed by atoms with Gasteiger partial charge in [0.15, 0.2) is 0 Å². The van der Waals surface area contributed by atoms with E-state index in [0.717, 1.165) is 24.1 Å². The lowest BCUT2D eigenvalue weighted by Gasteiger charge is -2.11. The van der Waals surface area contributed by atoms with Gasteiger partial charge in [0.2, 0.25) is 0 Å². The lowest BCUT2D eigenvalue weighted by Crippen LogP contribution is -2.12. The van der Waals surface area contributed by atoms with Gasteiger partial charge in [0.05, 0.1) is 13.2 Å². The molecular weight excluding hydrogens is 270 g/mol. The Morgan fingerprint density at radius 2 is 2.44 bits per heavy atom. The van der Waals surface area contributed by atoms with E-state index in [2.05, 4.69) is 22.0 Å². The van der Waals surface area contributed by atoms with Gasteiger partial charge in [-0.2, -0.15) is 5.26 Å². The van der Waals surface area contributed by atoms with Crippen LogP contribution in [-0.2, 0) is 4.74 Å². The Kier molecular flexibility index (Phi) is 3.81. The Hall–Kier alpha value is -1.05. The second-order valence-corrected chi connectivity index (χ2v) is 4.62. The highest BCUT2D eigenvalue weighted by Gasteiger charge is 2.17. The number of benzene rings is 1. The van der Waals surface area contributed by atoms with Crippen molar-refractivity contribution in [3.8, 4) is 11.8 Å². The van der Waals surface area contributed by atoms with Crippen LogP contribution < -0.4 is 4.74 Å². The van der Waals surface area contributed by atoms with Crippen molar-refractivity contribution >= 4 is 15.9 Å². The fraction of sp³-hybridized carbons (Fsp3) is 0.417. The molecule has 3 nitrogen and oxygen atoms in total. The molecule has 1 aromatic carbocycles. The fourth-order valence-corrected chi connectivity index (χ4v) is 2.09. The van der Waals surface area contributed by atoms with Gasteiger partial charge in [-0.3, -0.25) is 0 Å². The molecule has 1 fully saturated rings. The summed E-state index contributed by atoms with van der Waals surface area (Å²) in [7, 11) is 0. The molecule has 1 atom stereocenters. The van der Waals surface area contributed by atoms with Crippen LogP contribution in [0.5, 0.6) is 5.75 Å². The number of ether oxygens (including phenoxy) is 2. The predicted molar refractivity (Wildman–Crippen MR) is 63.3 cm³/mol. The normalized spacial score (nSPS) is 19.4. The van der Waals surface area contributed by atoms with E-state index in [4.69, 9.17) is 14.7 Å². The SMILES string of the molecule is N#Cc1c(Br)cccc1OCC1CCOC1. The molecule has 1 aliphatic heterocycles. The van der Waals surface area contributed by atoms with Gasteiger partial charge in [0, 0.05) is 17.0 Å². The van der Waals surface area contributed by atoms with Gasteiger partial charge in [-0.05, 0) is 34.5 Å². The lowest BCUT2D eigenvalue weighted by atomic mass is 10.1. The average Bonchev–Trinajstić information content (AvgIpc) is 2.79. The Labute approximate surface area is 103 Å². The third kappa shape index (κ3) is 2.55. The number of nitriles is 1. The summed E-state index contributed by atoms with van der Waals surface area (Å²) in [6.45, 7) is 2.19. The first kappa shape index (κ1) is 11.4. The van der Waals surface area contributed by atoms with Crippen molar-refractivity contribution in [3.63, 3.8) is 0 Å². The molecule has 0 bridgehead atoms. The molecule has 1 unspecified atom stereocenters. The molecular formula is C12H12BrNO2. The molecule has 0 aliphatic carbocycles. The molecule has 0 N–H and O–H groups in total. The first-order valence-corrected chi connectivity index (χ1v) is 5.99. The topological polar surface area (TPSA) is 42.2 Å². The summed E-state index contributed by atoms with van der Waals surface area (Å²) in [5.74, 6) is 1.09. The first-order valence-electron chi connectivity index (χ1n) is 5.20. The Morgan fingerprint density at radius 3 is 3.12 bits per heavy atom. The van der Waals surface area contributed by atoms with Crippen LogP contribution in [-0.4, -0.2) is 19.8 Å². The molecule has 1 aromatic rings. The third-order valence-electron chi connectivity index (χ3n) is 2.59.